The summed E-state index contributed by atoms with van der Waals surface area (Å²) in [7, 11) is 0. The number of carbonyl (C=O) groups is 2. The first kappa shape index (κ1) is 21.2. The predicted octanol–water partition coefficient (Wildman–Crippen LogP) is 4.54. The minimum Gasteiger partial charge on any atom is -0.348 e. The van der Waals surface area contributed by atoms with E-state index in [0.717, 1.165) is 29.1 Å². The number of piperidine rings is 1. The van der Waals surface area contributed by atoms with Crippen molar-refractivity contribution in [3.63, 3.8) is 0 Å². The molecule has 1 aromatic carbocycles. The van der Waals surface area contributed by atoms with Crippen molar-refractivity contribution in [2.45, 2.75) is 32.2 Å². The summed E-state index contributed by atoms with van der Waals surface area (Å²) in [5.74, 6) is -0.363. The van der Waals surface area contributed by atoms with Crippen molar-refractivity contribution in [2.75, 3.05) is 13.1 Å². The Balaban J connectivity index is 1.44. The lowest BCUT2D eigenvalue weighted by molar-refractivity contribution is 0.0715. The topological polar surface area (TPSA) is 62.3 Å². The third-order valence-corrected chi connectivity index (χ3v) is 6.41. The van der Waals surface area contributed by atoms with Gasteiger partial charge in [-0.2, -0.15) is 0 Å². The van der Waals surface area contributed by atoms with Gasteiger partial charge in [-0.05, 0) is 61.0 Å². The summed E-state index contributed by atoms with van der Waals surface area (Å²) in [6.07, 6.45) is 1.52. The molecule has 2 amide bonds. The highest BCUT2D eigenvalue weighted by Gasteiger charge is 2.28. The molecule has 1 saturated heterocycles. The smallest absolute Gasteiger partial charge is 0.263 e. The standard InChI is InChI=1S/C24H24FN3O2S/c1-16-7-8-20(23(29)26-15-17-4-2-5-19(25)14-17)22(27-16)18-9-11-28(12-10-18)24(30)21-6-3-13-31-21/h2-8,13-14,18H,9-12,15H2,1H3,(H,26,29). The summed E-state index contributed by atoms with van der Waals surface area (Å²) in [5, 5.41) is 4.79. The first-order chi connectivity index (χ1) is 15.0. The van der Waals surface area contributed by atoms with E-state index in [2.05, 4.69) is 10.3 Å². The molecular formula is C24H24FN3O2S. The van der Waals surface area contributed by atoms with E-state index in [1.807, 2.05) is 41.5 Å². The Bertz CT molecular complexity index is 1080. The van der Waals surface area contributed by atoms with Crippen LogP contribution in [0.5, 0.6) is 0 Å². The van der Waals surface area contributed by atoms with Gasteiger partial charge in [0, 0.05) is 31.2 Å². The molecule has 4 rings (SSSR count). The number of amides is 2. The van der Waals surface area contributed by atoms with Crippen LogP contribution in [0, 0.1) is 12.7 Å². The zero-order chi connectivity index (χ0) is 21.8. The molecule has 2 aromatic heterocycles. The third kappa shape index (κ3) is 4.99. The number of carbonyl (C=O) groups excluding carboxylic acids is 2. The Hall–Kier alpha value is -3.06. The molecule has 7 heteroatoms. The van der Waals surface area contributed by atoms with Crippen LogP contribution in [0.25, 0.3) is 0 Å². The van der Waals surface area contributed by atoms with E-state index in [1.165, 1.54) is 23.5 Å². The van der Waals surface area contributed by atoms with Gasteiger partial charge in [0.15, 0.2) is 0 Å². The summed E-state index contributed by atoms with van der Waals surface area (Å²) in [6.45, 7) is 3.44. The minimum atomic E-state index is -0.326. The van der Waals surface area contributed by atoms with Crippen LogP contribution in [-0.4, -0.2) is 34.8 Å². The van der Waals surface area contributed by atoms with Crippen LogP contribution in [0.3, 0.4) is 0 Å². The van der Waals surface area contributed by atoms with Crippen molar-refractivity contribution in [3.05, 3.63) is 87.1 Å². The van der Waals surface area contributed by atoms with Crippen LogP contribution in [-0.2, 0) is 6.54 Å². The SMILES string of the molecule is Cc1ccc(C(=O)NCc2cccc(F)c2)c(C2CCN(C(=O)c3cccs3)CC2)n1. The van der Waals surface area contributed by atoms with E-state index in [9.17, 15) is 14.0 Å². The van der Waals surface area contributed by atoms with Crippen molar-refractivity contribution in [2.24, 2.45) is 0 Å². The number of halogens is 1. The molecule has 0 unspecified atom stereocenters. The van der Waals surface area contributed by atoms with Gasteiger partial charge in [0.05, 0.1) is 16.1 Å². The lowest BCUT2D eigenvalue weighted by Gasteiger charge is -2.32. The number of benzene rings is 1. The number of rotatable bonds is 5. The van der Waals surface area contributed by atoms with E-state index in [4.69, 9.17) is 0 Å². The van der Waals surface area contributed by atoms with Crippen molar-refractivity contribution >= 4 is 23.2 Å². The van der Waals surface area contributed by atoms with Crippen molar-refractivity contribution < 1.29 is 14.0 Å². The number of aryl methyl sites for hydroxylation is 1. The molecule has 1 aliphatic heterocycles. The lowest BCUT2D eigenvalue weighted by Crippen LogP contribution is -2.38. The Morgan fingerprint density at radius 3 is 2.68 bits per heavy atom. The molecule has 0 aliphatic carbocycles. The zero-order valence-electron chi connectivity index (χ0n) is 17.3. The van der Waals surface area contributed by atoms with Crippen LogP contribution < -0.4 is 5.32 Å². The summed E-state index contributed by atoms with van der Waals surface area (Å²) >= 11 is 1.45. The van der Waals surface area contributed by atoms with Gasteiger partial charge in [0.2, 0.25) is 0 Å². The normalized spacial score (nSPS) is 14.5. The summed E-state index contributed by atoms with van der Waals surface area (Å²) in [4.78, 5) is 32.8. The summed E-state index contributed by atoms with van der Waals surface area (Å²) in [5.41, 5.74) is 2.88. The molecule has 1 N–H and O–H groups in total. The van der Waals surface area contributed by atoms with E-state index < -0.39 is 0 Å². The fourth-order valence-corrected chi connectivity index (χ4v) is 4.61. The Morgan fingerprint density at radius 1 is 1.16 bits per heavy atom. The van der Waals surface area contributed by atoms with Gasteiger partial charge < -0.3 is 10.2 Å². The van der Waals surface area contributed by atoms with Gasteiger partial charge in [-0.25, -0.2) is 4.39 Å². The Morgan fingerprint density at radius 2 is 1.97 bits per heavy atom. The number of nitrogens with zero attached hydrogens (tertiary/aromatic N) is 2. The van der Waals surface area contributed by atoms with Gasteiger partial charge >= 0.3 is 0 Å². The van der Waals surface area contributed by atoms with Gasteiger partial charge in [0.1, 0.15) is 5.82 Å². The maximum Gasteiger partial charge on any atom is 0.263 e. The van der Waals surface area contributed by atoms with E-state index in [1.54, 1.807) is 12.1 Å². The maximum absolute atomic E-state index is 13.4. The van der Waals surface area contributed by atoms with E-state index in [0.29, 0.717) is 24.2 Å². The average molecular weight is 438 g/mol. The highest BCUT2D eigenvalue weighted by atomic mass is 32.1. The first-order valence-corrected chi connectivity index (χ1v) is 11.2. The van der Waals surface area contributed by atoms with Crippen LogP contribution in [0.4, 0.5) is 4.39 Å². The molecule has 3 aromatic rings. The molecule has 31 heavy (non-hydrogen) atoms. The Kier molecular flexibility index (Phi) is 6.42. The van der Waals surface area contributed by atoms with Crippen molar-refractivity contribution in [3.8, 4) is 0 Å². The highest BCUT2D eigenvalue weighted by molar-refractivity contribution is 7.12. The number of nitrogens with one attached hydrogen (secondary N) is 1. The van der Waals surface area contributed by atoms with Gasteiger partial charge in [-0.1, -0.05) is 18.2 Å². The number of hydrogen-bond donors (Lipinski definition) is 1. The molecule has 5 nitrogen and oxygen atoms in total. The maximum atomic E-state index is 13.4. The second kappa shape index (κ2) is 9.39. The number of hydrogen-bond acceptors (Lipinski definition) is 4. The molecule has 0 radical (unpaired) electrons. The van der Waals surface area contributed by atoms with Crippen molar-refractivity contribution in [1.29, 1.82) is 0 Å². The summed E-state index contributed by atoms with van der Waals surface area (Å²) in [6, 6.07) is 13.6. The summed E-state index contributed by atoms with van der Waals surface area (Å²) < 4.78 is 13.4. The van der Waals surface area contributed by atoms with Crippen molar-refractivity contribution in [1.82, 2.24) is 15.2 Å². The molecule has 0 atom stereocenters. The van der Waals surface area contributed by atoms with Gasteiger partial charge in [-0.15, -0.1) is 11.3 Å². The molecular weight excluding hydrogens is 413 g/mol. The molecule has 1 aliphatic rings. The average Bonchev–Trinajstić information content (AvgIpc) is 3.32. The number of pyridine rings is 1. The molecule has 0 bridgehead atoms. The van der Waals surface area contributed by atoms with Gasteiger partial charge in [-0.3, -0.25) is 14.6 Å². The van der Waals surface area contributed by atoms with Crippen LogP contribution in [0.15, 0.2) is 53.9 Å². The van der Waals surface area contributed by atoms with E-state index in [-0.39, 0.29) is 30.1 Å². The second-order valence-electron chi connectivity index (χ2n) is 7.74. The lowest BCUT2D eigenvalue weighted by atomic mass is 9.89. The molecule has 0 saturated carbocycles. The molecule has 1 fully saturated rings. The first-order valence-electron chi connectivity index (χ1n) is 10.3. The zero-order valence-corrected chi connectivity index (χ0v) is 18.1. The molecule has 0 spiro atoms. The van der Waals surface area contributed by atoms with Crippen LogP contribution in [0.1, 0.15) is 55.7 Å². The molecule has 3 heterocycles. The predicted molar refractivity (Wildman–Crippen MR) is 119 cm³/mol. The largest absolute Gasteiger partial charge is 0.348 e. The van der Waals surface area contributed by atoms with E-state index >= 15 is 0 Å². The van der Waals surface area contributed by atoms with Crippen LogP contribution in [0.2, 0.25) is 0 Å². The highest BCUT2D eigenvalue weighted by Crippen LogP contribution is 2.30. The third-order valence-electron chi connectivity index (χ3n) is 5.55. The minimum absolute atomic E-state index is 0.0683. The van der Waals surface area contributed by atoms with Gasteiger partial charge in [0.25, 0.3) is 11.8 Å². The molecule has 160 valence electrons. The quantitative estimate of drug-likeness (QED) is 0.637. The number of thiophene rings is 1. The Labute approximate surface area is 184 Å². The number of likely N-dealkylation sites (tertiary alicyclic amines) is 1. The fourth-order valence-electron chi connectivity index (χ4n) is 3.92. The monoisotopic (exact) mass is 437 g/mol. The number of aromatic nitrogens is 1. The second-order valence-corrected chi connectivity index (χ2v) is 8.69. The van der Waals surface area contributed by atoms with Crippen LogP contribution >= 0.6 is 11.3 Å². The fraction of sp³-hybridized carbons (Fsp3) is 0.292.